The number of nitrogens with one attached hydrogen (secondary N) is 1. The van der Waals surface area contributed by atoms with E-state index >= 15 is 0 Å². The van der Waals surface area contributed by atoms with Gasteiger partial charge in [-0.3, -0.25) is 4.79 Å². The first-order valence-corrected chi connectivity index (χ1v) is 7.39. The molecule has 4 heteroatoms. The zero-order chi connectivity index (χ0) is 14.5. The van der Waals surface area contributed by atoms with Crippen LogP contribution < -0.4 is 5.32 Å². The van der Waals surface area contributed by atoms with Gasteiger partial charge in [0.2, 0.25) is 5.91 Å². The van der Waals surface area contributed by atoms with Crippen LogP contribution in [0.15, 0.2) is 24.3 Å². The molecule has 1 aliphatic rings. The van der Waals surface area contributed by atoms with E-state index in [1.165, 1.54) is 6.07 Å². The first kappa shape index (κ1) is 15.0. The molecule has 0 spiro atoms. The first-order valence-electron chi connectivity index (χ1n) is 7.39. The molecular weight excluding hydrogens is 255 g/mol. The average Bonchev–Trinajstić information content (AvgIpc) is 2.81. The van der Waals surface area contributed by atoms with Crippen molar-refractivity contribution in [3.8, 4) is 0 Å². The highest BCUT2D eigenvalue weighted by Crippen LogP contribution is 2.19. The van der Waals surface area contributed by atoms with E-state index in [-0.39, 0.29) is 23.8 Å². The summed E-state index contributed by atoms with van der Waals surface area (Å²) < 4.78 is 13.3. The quantitative estimate of drug-likeness (QED) is 0.868. The Morgan fingerprint density at radius 2 is 2.25 bits per heavy atom. The monoisotopic (exact) mass is 278 g/mol. The van der Waals surface area contributed by atoms with Crippen molar-refractivity contribution in [2.75, 3.05) is 13.1 Å². The van der Waals surface area contributed by atoms with Crippen molar-refractivity contribution in [2.45, 2.75) is 45.2 Å². The summed E-state index contributed by atoms with van der Waals surface area (Å²) in [6.45, 7) is 5.75. The summed E-state index contributed by atoms with van der Waals surface area (Å²) in [5.41, 5.74) is 0.965. The highest BCUT2D eigenvalue weighted by molar-refractivity contribution is 5.78. The van der Waals surface area contributed by atoms with Crippen LogP contribution in [0.4, 0.5) is 4.39 Å². The van der Waals surface area contributed by atoms with Crippen LogP contribution in [0.3, 0.4) is 0 Å². The van der Waals surface area contributed by atoms with E-state index < -0.39 is 0 Å². The standard InChI is InChI=1S/C16H23FN2O/c1-3-15(13-6-4-7-14(17)10-13)18-12(2)11-19-9-5-8-16(19)20/h4,6-7,10,12,15,18H,3,5,8-9,11H2,1-2H3. The number of hydrogen-bond acceptors (Lipinski definition) is 2. The number of likely N-dealkylation sites (tertiary alicyclic amines) is 1. The van der Waals surface area contributed by atoms with Gasteiger partial charge >= 0.3 is 0 Å². The minimum absolute atomic E-state index is 0.124. The van der Waals surface area contributed by atoms with Gasteiger partial charge in [-0.2, -0.15) is 0 Å². The van der Waals surface area contributed by atoms with Gasteiger partial charge in [-0.1, -0.05) is 19.1 Å². The summed E-state index contributed by atoms with van der Waals surface area (Å²) >= 11 is 0. The summed E-state index contributed by atoms with van der Waals surface area (Å²) in [5.74, 6) is 0.0441. The topological polar surface area (TPSA) is 32.3 Å². The number of rotatable bonds is 6. The third-order valence-electron chi connectivity index (χ3n) is 3.81. The van der Waals surface area contributed by atoms with Gasteiger partial charge in [0.05, 0.1) is 0 Å². The molecule has 0 saturated carbocycles. The summed E-state index contributed by atoms with van der Waals surface area (Å²) in [6.07, 6.45) is 2.53. The van der Waals surface area contributed by atoms with Crippen LogP contribution >= 0.6 is 0 Å². The summed E-state index contributed by atoms with van der Waals surface area (Å²) in [4.78, 5) is 13.5. The maximum atomic E-state index is 13.3. The van der Waals surface area contributed by atoms with Gasteiger partial charge < -0.3 is 10.2 Å². The van der Waals surface area contributed by atoms with Crippen LogP contribution in [0.25, 0.3) is 0 Å². The van der Waals surface area contributed by atoms with Crippen LogP contribution in [0.5, 0.6) is 0 Å². The van der Waals surface area contributed by atoms with Gasteiger partial charge in [0.1, 0.15) is 5.82 Å². The van der Waals surface area contributed by atoms with Gasteiger partial charge in [-0.25, -0.2) is 4.39 Å². The number of hydrogen-bond donors (Lipinski definition) is 1. The maximum Gasteiger partial charge on any atom is 0.222 e. The average molecular weight is 278 g/mol. The van der Waals surface area contributed by atoms with Crippen molar-refractivity contribution in [3.05, 3.63) is 35.6 Å². The lowest BCUT2D eigenvalue weighted by molar-refractivity contribution is -0.127. The largest absolute Gasteiger partial charge is 0.341 e. The zero-order valence-corrected chi connectivity index (χ0v) is 12.2. The SMILES string of the molecule is CCC(NC(C)CN1CCCC1=O)c1cccc(F)c1. The number of carbonyl (C=O) groups is 1. The van der Waals surface area contributed by atoms with Gasteiger partial charge in [0.25, 0.3) is 0 Å². The Labute approximate surface area is 120 Å². The van der Waals surface area contributed by atoms with Crippen LogP contribution in [-0.2, 0) is 4.79 Å². The molecule has 1 aromatic rings. The van der Waals surface area contributed by atoms with E-state index in [4.69, 9.17) is 0 Å². The number of halogens is 1. The molecule has 2 unspecified atom stereocenters. The van der Waals surface area contributed by atoms with Crippen LogP contribution in [0, 0.1) is 5.82 Å². The molecule has 1 N–H and O–H groups in total. The van der Waals surface area contributed by atoms with Crippen molar-refractivity contribution >= 4 is 5.91 Å². The maximum absolute atomic E-state index is 13.3. The van der Waals surface area contributed by atoms with Crippen molar-refractivity contribution in [3.63, 3.8) is 0 Å². The molecule has 1 aromatic carbocycles. The molecule has 2 atom stereocenters. The lowest BCUT2D eigenvalue weighted by Gasteiger charge is -2.26. The fourth-order valence-electron chi connectivity index (χ4n) is 2.80. The molecule has 2 rings (SSSR count). The van der Waals surface area contributed by atoms with Gasteiger partial charge in [-0.05, 0) is 37.5 Å². The van der Waals surface area contributed by atoms with E-state index in [1.54, 1.807) is 12.1 Å². The molecule has 1 heterocycles. The Hall–Kier alpha value is -1.42. The van der Waals surface area contributed by atoms with E-state index in [1.807, 2.05) is 11.0 Å². The molecule has 1 amide bonds. The molecule has 110 valence electrons. The molecule has 0 aliphatic carbocycles. The lowest BCUT2D eigenvalue weighted by atomic mass is 10.0. The second kappa shape index (κ2) is 6.84. The molecule has 0 aromatic heterocycles. The predicted molar refractivity (Wildman–Crippen MR) is 77.8 cm³/mol. The van der Waals surface area contributed by atoms with Crippen molar-refractivity contribution < 1.29 is 9.18 Å². The number of nitrogens with zero attached hydrogens (tertiary/aromatic N) is 1. The third kappa shape index (κ3) is 3.79. The first-order chi connectivity index (χ1) is 9.60. The Morgan fingerprint density at radius 1 is 1.45 bits per heavy atom. The third-order valence-corrected chi connectivity index (χ3v) is 3.81. The Bertz CT molecular complexity index is 464. The van der Waals surface area contributed by atoms with Crippen LogP contribution in [0.2, 0.25) is 0 Å². The number of amides is 1. The van der Waals surface area contributed by atoms with E-state index in [2.05, 4.69) is 19.2 Å². The van der Waals surface area contributed by atoms with E-state index in [9.17, 15) is 9.18 Å². The minimum Gasteiger partial charge on any atom is -0.341 e. The molecule has 1 aliphatic heterocycles. The predicted octanol–water partition coefficient (Wildman–Crippen LogP) is 2.88. The molecule has 3 nitrogen and oxygen atoms in total. The fourth-order valence-corrected chi connectivity index (χ4v) is 2.80. The Kier molecular flexibility index (Phi) is 5.12. The normalized spacial score (nSPS) is 18.4. The van der Waals surface area contributed by atoms with Gasteiger partial charge in [0.15, 0.2) is 0 Å². The van der Waals surface area contributed by atoms with Gasteiger partial charge in [-0.15, -0.1) is 0 Å². The van der Waals surface area contributed by atoms with Crippen LogP contribution in [-0.4, -0.2) is 29.9 Å². The summed E-state index contributed by atoms with van der Waals surface area (Å²) in [6, 6.07) is 7.04. The van der Waals surface area contributed by atoms with E-state index in [0.717, 1.165) is 31.5 Å². The highest BCUT2D eigenvalue weighted by atomic mass is 19.1. The Morgan fingerprint density at radius 3 is 2.85 bits per heavy atom. The fraction of sp³-hybridized carbons (Fsp3) is 0.562. The summed E-state index contributed by atoms with van der Waals surface area (Å²) in [7, 11) is 0. The second-order valence-electron chi connectivity index (χ2n) is 5.53. The molecule has 1 saturated heterocycles. The van der Waals surface area contributed by atoms with Crippen molar-refractivity contribution in [1.82, 2.24) is 10.2 Å². The lowest BCUT2D eigenvalue weighted by Crippen LogP contribution is -2.41. The minimum atomic E-state index is -0.204. The highest BCUT2D eigenvalue weighted by Gasteiger charge is 2.22. The van der Waals surface area contributed by atoms with Crippen molar-refractivity contribution in [1.29, 1.82) is 0 Å². The van der Waals surface area contributed by atoms with E-state index in [0.29, 0.717) is 6.42 Å². The molecule has 0 radical (unpaired) electrons. The van der Waals surface area contributed by atoms with Crippen molar-refractivity contribution in [2.24, 2.45) is 0 Å². The molecule has 1 fully saturated rings. The number of carbonyl (C=O) groups excluding carboxylic acids is 1. The molecular formula is C16H23FN2O. The van der Waals surface area contributed by atoms with Gasteiger partial charge in [0, 0.05) is 31.6 Å². The summed E-state index contributed by atoms with van der Waals surface area (Å²) in [5, 5.41) is 3.50. The molecule has 0 bridgehead atoms. The Balaban J connectivity index is 1.94. The molecule has 20 heavy (non-hydrogen) atoms. The second-order valence-corrected chi connectivity index (χ2v) is 5.53. The number of benzene rings is 1. The van der Waals surface area contributed by atoms with Crippen LogP contribution in [0.1, 0.15) is 44.7 Å². The zero-order valence-electron chi connectivity index (χ0n) is 12.2. The smallest absolute Gasteiger partial charge is 0.222 e.